The third-order valence-electron chi connectivity index (χ3n) is 1.35. The highest BCUT2D eigenvalue weighted by molar-refractivity contribution is 8.22. The summed E-state index contributed by atoms with van der Waals surface area (Å²) >= 11 is 6.52. The van der Waals surface area contributed by atoms with Crippen molar-refractivity contribution in [2.45, 2.75) is 25.6 Å². The van der Waals surface area contributed by atoms with E-state index in [1.165, 1.54) is 0 Å². The van der Waals surface area contributed by atoms with Crippen LogP contribution >= 0.6 is 24.0 Å². The minimum atomic E-state index is -2.32. The molecule has 0 rings (SSSR count). The lowest BCUT2D eigenvalue weighted by Gasteiger charge is -2.09. The van der Waals surface area contributed by atoms with Gasteiger partial charge < -0.3 is 9.42 Å². The summed E-state index contributed by atoms with van der Waals surface area (Å²) in [5.74, 6) is 0.931. The molecule has 0 radical (unpaired) electrons. The second-order valence-corrected chi connectivity index (χ2v) is 8.92. The lowest BCUT2D eigenvalue weighted by Crippen LogP contribution is -2.18. The van der Waals surface area contributed by atoms with Crippen LogP contribution in [0.3, 0.4) is 0 Å². The molecule has 0 spiro atoms. The van der Waals surface area contributed by atoms with E-state index in [4.69, 9.17) is 12.2 Å². The maximum Gasteiger partial charge on any atom is 0.241 e. The van der Waals surface area contributed by atoms with Crippen molar-refractivity contribution in [2.24, 2.45) is 0 Å². The van der Waals surface area contributed by atoms with Gasteiger partial charge in [0.2, 0.25) is 8.41 Å². The topological polar surface area (TPSA) is 12.0 Å². The number of nitrogens with one attached hydrogen (secondary N) is 1. The highest BCUT2D eigenvalue weighted by atomic mass is 32.2. The van der Waals surface area contributed by atoms with E-state index in [1.54, 1.807) is 24.9 Å². The summed E-state index contributed by atoms with van der Waals surface area (Å²) < 4.78 is 13.9. The predicted octanol–water partition coefficient (Wildman–Crippen LogP) is 2.79. The number of hydrogen-bond acceptors (Lipinski definition) is 2. The predicted molar refractivity (Wildman–Crippen MR) is 62.1 cm³/mol. The Hall–Kier alpha value is 0.387. The summed E-state index contributed by atoms with van der Waals surface area (Å²) in [6.07, 6.45) is 0.933. The van der Waals surface area contributed by atoms with E-state index in [2.05, 4.69) is 5.32 Å². The summed E-state index contributed by atoms with van der Waals surface area (Å²) in [4.78, 5) is 0. The molecule has 0 aliphatic heterocycles. The van der Waals surface area contributed by atoms with Crippen LogP contribution in [0.1, 0.15) is 6.42 Å². The molecule has 72 valence electrons. The largest absolute Gasteiger partial charge is 0.374 e. The Morgan fingerprint density at radius 3 is 2.58 bits per heavy atom. The fraction of sp³-hybridized carbons (Fsp3) is 0.857. The van der Waals surface area contributed by atoms with Gasteiger partial charge in [0.25, 0.3) is 0 Å². The summed E-state index contributed by atoms with van der Waals surface area (Å²) in [5, 5.41) is 2.87. The summed E-state index contributed by atoms with van der Waals surface area (Å²) in [7, 11) is -0.508. The molecule has 0 bridgehead atoms. The number of halogens is 1. The summed E-state index contributed by atoms with van der Waals surface area (Å²) in [6, 6.07) is 0.742. The molecule has 0 aliphatic carbocycles. The molecular formula is C7H16FNS2Si. The fourth-order valence-electron chi connectivity index (χ4n) is 0.730. The zero-order chi connectivity index (χ0) is 9.61. The Balaban J connectivity index is 3.28. The van der Waals surface area contributed by atoms with Crippen molar-refractivity contribution < 1.29 is 4.11 Å². The van der Waals surface area contributed by atoms with Crippen LogP contribution in [0, 0.1) is 0 Å². The van der Waals surface area contributed by atoms with E-state index >= 15 is 0 Å². The summed E-state index contributed by atoms with van der Waals surface area (Å²) in [6.45, 7) is 3.49. The molecule has 0 saturated carbocycles. The minimum absolute atomic E-state index is 0.742. The van der Waals surface area contributed by atoms with Crippen molar-refractivity contribution in [3.8, 4) is 0 Å². The van der Waals surface area contributed by atoms with Crippen molar-refractivity contribution in [1.29, 1.82) is 0 Å². The van der Waals surface area contributed by atoms with Crippen LogP contribution in [0.4, 0.5) is 4.11 Å². The molecule has 5 heteroatoms. The third kappa shape index (κ3) is 8.48. The van der Waals surface area contributed by atoms with Gasteiger partial charge in [0.05, 0.1) is 0 Å². The van der Waals surface area contributed by atoms with Crippen LogP contribution in [-0.2, 0) is 0 Å². The first kappa shape index (κ1) is 12.4. The number of thioether (sulfide) groups is 1. The van der Waals surface area contributed by atoms with Crippen LogP contribution in [0.2, 0.25) is 19.1 Å². The van der Waals surface area contributed by atoms with Gasteiger partial charge in [-0.2, -0.15) is 0 Å². The SMILES string of the molecule is CNC(=S)SCCC[Si](C)(C)F. The minimum Gasteiger partial charge on any atom is -0.374 e. The lowest BCUT2D eigenvalue weighted by atomic mass is 10.6. The number of thiocarbonyl (C=S) groups is 1. The van der Waals surface area contributed by atoms with E-state index in [9.17, 15) is 4.11 Å². The van der Waals surface area contributed by atoms with E-state index < -0.39 is 8.41 Å². The number of hydrogen-bond donors (Lipinski definition) is 1. The van der Waals surface area contributed by atoms with Crippen molar-refractivity contribution in [2.75, 3.05) is 12.8 Å². The fourth-order valence-corrected chi connectivity index (χ4v) is 2.87. The van der Waals surface area contributed by atoms with Crippen LogP contribution in [-0.4, -0.2) is 25.5 Å². The second-order valence-electron chi connectivity index (χ2n) is 3.21. The van der Waals surface area contributed by atoms with Gasteiger partial charge in [0.15, 0.2) is 0 Å². The molecule has 1 N–H and O–H groups in total. The van der Waals surface area contributed by atoms with Crippen LogP contribution in [0.5, 0.6) is 0 Å². The summed E-state index contributed by atoms with van der Waals surface area (Å²) in [5.41, 5.74) is 0. The van der Waals surface area contributed by atoms with Gasteiger partial charge in [0.1, 0.15) is 4.32 Å². The molecule has 0 heterocycles. The van der Waals surface area contributed by atoms with Gasteiger partial charge in [-0.1, -0.05) is 24.0 Å². The molecule has 0 aromatic heterocycles. The average Bonchev–Trinajstić information content (AvgIpc) is 1.96. The Morgan fingerprint density at radius 1 is 1.58 bits per heavy atom. The molecule has 0 aromatic rings. The Morgan fingerprint density at radius 2 is 2.17 bits per heavy atom. The van der Waals surface area contributed by atoms with Crippen molar-refractivity contribution in [3.05, 3.63) is 0 Å². The molecule has 0 aliphatic rings. The first-order valence-corrected chi connectivity index (χ1v) is 8.47. The van der Waals surface area contributed by atoms with Gasteiger partial charge in [-0.25, -0.2) is 0 Å². The first-order valence-electron chi connectivity index (χ1n) is 3.99. The average molecular weight is 225 g/mol. The van der Waals surface area contributed by atoms with Crippen LogP contribution < -0.4 is 5.32 Å². The monoisotopic (exact) mass is 225 g/mol. The number of rotatable bonds is 4. The molecule has 0 aromatic carbocycles. The molecule has 12 heavy (non-hydrogen) atoms. The Labute approximate surface area is 84.7 Å². The second kappa shape index (κ2) is 5.94. The van der Waals surface area contributed by atoms with E-state index in [0.29, 0.717) is 0 Å². The third-order valence-corrected chi connectivity index (χ3v) is 4.41. The molecule has 0 unspecified atom stereocenters. The molecule has 0 amide bonds. The molecule has 0 saturated heterocycles. The highest BCUT2D eigenvalue weighted by Gasteiger charge is 2.18. The van der Waals surface area contributed by atoms with Gasteiger partial charge in [-0.05, 0) is 25.6 Å². The van der Waals surface area contributed by atoms with Crippen LogP contribution in [0.25, 0.3) is 0 Å². The van der Waals surface area contributed by atoms with Crippen molar-refractivity contribution >= 4 is 36.7 Å². The first-order chi connectivity index (χ1) is 5.45. The highest BCUT2D eigenvalue weighted by Crippen LogP contribution is 2.15. The van der Waals surface area contributed by atoms with Gasteiger partial charge >= 0.3 is 0 Å². The Kier molecular flexibility index (Phi) is 6.13. The normalized spacial score (nSPS) is 11.3. The molecule has 0 atom stereocenters. The lowest BCUT2D eigenvalue weighted by molar-refractivity contribution is 0.776. The maximum absolute atomic E-state index is 13.1. The van der Waals surface area contributed by atoms with E-state index in [0.717, 1.165) is 22.5 Å². The molecular weight excluding hydrogens is 209 g/mol. The van der Waals surface area contributed by atoms with Crippen LogP contribution in [0.15, 0.2) is 0 Å². The zero-order valence-corrected chi connectivity index (χ0v) is 10.4. The quantitative estimate of drug-likeness (QED) is 0.342. The van der Waals surface area contributed by atoms with Gasteiger partial charge in [0, 0.05) is 12.8 Å². The van der Waals surface area contributed by atoms with E-state index in [1.807, 2.05) is 7.05 Å². The molecule has 1 nitrogen and oxygen atoms in total. The zero-order valence-electron chi connectivity index (χ0n) is 7.82. The van der Waals surface area contributed by atoms with Crippen molar-refractivity contribution in [3.63, 3.8) is 0 Å². The molecule has 0 fully saturated rings. The van der Waals surface area contributed by atoms with E-state index in [-0.39, 0.29) is 0 Å². The standard InChI is InChI=1S/C7H16FNS2Si/c1-9-7(10)11-5-4-6-12(2,3)8/h4-6H2,1-3H3,(H,9,10). The smallest absolute Gasteiger partial charge is 0.241 e. The van der Waals surface area contributed by atoms with Crippen molar-refractivity contribution in [1.82, 2.24) is 5.32 Å². The van der Waals surface area contributed by atoms with Gasteiger partial charge in [-0.3, -0.25) is 0 Å². The maximum atomic E-state index is 13.1. The van der Waals surface area contributed by atoms with Gasteiger partial charge in [-0.15, -0.1) is 0 Å². The Bertz CT molecular complexity index is 147.